The van der Waals surface area contributed by atoms with Crippen LogP contribution >= 0.6 is 11.3 Å². The van der Waals surface area contributed by atoms with Gasteiger partial charge in [0.2, 0.25) is 5.95 Å². The zero-order valence-electron chi connectivity index (χ0n) is 21.6. The summed E-state index contributed by atoms with van der Waals surface area (Å²) in [5.41, 5.74) is 3.79. The van der Waals surface area contributed by atoms with Gasteiger partial charge in [-0.2, -0.15) is 5.26 Å². The van der Waals surface area contributed by atoms with Gasteiger partial charge in [0.1, 0.15) is 17.6 Å². The van der Waals surface area contributed by atoms with Crippen LogP contribution in [0.4, 0.5) is 11.6 Å². The zero-order valence-corrected chi connectivity index (χ0v) is 22.4. The molecule has 1 aliphatic heterocycles. The number of pyridine rings is 1. The number of aryl methyl sites for hydroxylation is 1. The Morgan fingerprint density at radius 3 is 2.82 bits per heavy atom. The minimum Gasteiger partial charge on any atom is -0.495 e. The Bertz CT molecular complexity index is 1440. The Morgan fingerprint density at radius 2 is 2.00 bits per heavy atom. The Kier molecular flexibility index (Phi) is 8.12. The topological polar surface area (TPSA) is 96.2 Å². The Labute approximate surface area is 226 Å². The summed E-state index contributed by atoms with van der Waals surface area (Å²) >= 11 is 1.53. The van der Waals surface area contributed by atoms with Crippen LogP contribution in [-0.4, -0.2) is 53.2 Å². The normalized spacial score (nSPS) is 13.3. The van der Waals surface area contributed by atoms with Crippen molar-refractivity contribution in [2.45, 2.75) is 26.2 Å². The minimum absolute atomic E-state index is 0.466. The van der Waals surface area contributed by atoms with E-state index in [9.17, 15) is 5.26 Å². The summed E-state index contributed by atoms with van der Waals surface area (Å²) in [6.45, 7) is 6.13. The van der Waals surface area contributed by atoms with Gasteiger partial charge in [0.25, 0.3) is 0 Å². The molecule has 5 rings (SSSR count). The second-order valence-corrected chi connectivity index (χ2v) is 10.4. The SMILES string of the molecule is COc1cncc(-c2c(-c3ccnc(Nc4cccc(OCCCN5CCCC5)c4)n3)sc(C)c2C#N)c1. The number of benzene rings is 1. The van der Waals surface area contributed by atoms with Crippen LogP contribution in [0.25, 0.3) is 21.7 Å². The highest BCUT2D eigenvalue weighted by molar-refractivity contribution is 7.16. The molecular weight excluding hydrogens is 496 g/mol. The van der Waals surface area contributed by atoms with Crippen LogP contribution in [-0.2, 0) is 0 Å². The van der Waals surface area contributed by atoms with Crippen molar-refractivity contribution in [3.8, 4) is 39.3 Å². The second-order valence-electron chi connectivity index (χ2n) is 9.13. The third-order valence-corrected chi connectivity index (χ3v) is 7.63. The molecule has 3 aromatic heterocycles. The molecule has 4 heterocycles. The number of methoxy groups -OCH3 is 1. The smallest absolute Gasteiger partial charge is 0.227 e. The number of aromatic nitrogens is 3. The molecule has 4 aromatic rings. The maximum Gasteiger partial charge on any atom is 0.227 e. The number of hydrogen-bond donors (Lipinski definition) is 1. The predicted molar refractivity (Wildman–Crippen MR) is 150 cm³/mol. The molecule has 1 aliphatic rings. The van der Waals surface area contributed by atoms with E-state index in [4.69, 9.17) is 14.5 Å². The Hall–Kier alpha value is -4.00. The van der Waals surface area contributed by atoms with Crippen LogP contribution < -0.4 is 14.8 Å². The lowest BCUT2D eigenvalue weighted by Gasteiger charge is -2.14. The molecule has 0 aliphatic carbocycles. The number of nitrogens with one attached hydrogen (secondary N) is 1. The highest BCUT2D eigenvalue weighted by Gasteiger charge is 2.21. The van der Waals surface area contributed by atoms with Gasteiger partial charge >= 0.3 is 0 Å². The van der Waals surface area contributed by atoms with Crippen LogP contribution in [0.1, 0.15) is 29.7 Å². The lowest BCUT2D eigenvalue weighted by Crippen LogP contribution is -2.21. The van der Waals surface area contributed by atoms with Crippen LogP contribution in [0.2, 0.25) is 0 Å². The van der Waals surface area contributed by atoms with Gasteiger partial charge in [0.05, 0.1) is 36.0 Å². The minimum atomic E-state index is 0.466. The summed E-state index contributed by atoms with van der Waals surface area (Å²) in [5.74, 6) is 1.91. The number of nitrogens with zero attached hydrogens (tertiary/aromatic N) is 5. The molecule has 0 saturated carbocycles. The fourth-order valence-corrected chi connectivity index (χ4v) is 5.72. The molecule has 0 atom stereocenters. The van der Waals surface area contributed by atoms with Crippen LogP contribution in [0.3, 0.4) is 0 Å². The van der Waals surface area contributed by atoms with Crippen LogP contribution in [0.15, 0.2) is 55.0 Å². The summed E-state index contributed by atoms with van der Waals surface area (Å²) in [7, 11) is 1.60. The van der Waals surface area contributed by atoms with Gasteiger partial charge in [-0.15, -0.1) is 11.3 Å². The van der Waals surface area contributed by atoms with E-state index in [1.54, 1.807) is 25.7 Å². The van der Waals surface area contributed by atoms with Gasteiger partial charge < -0.3 is 19.7 Å². The van der Waals surface area contributed by atoms with E-state index in [1.165, 1.54) is 37.3 Å². The molecule has 0 unspecified atom stereocenters. The summed E-state index contributed by atoms with van der Waals surface area (Å²) < 4.78 is 11.4. The van der Waals surface area contributed by atoms with Crippen molar-refractivity contribution in [1.29, 1.82) is 5.26 Å². The number of anilines is 2. The van der Waals surface area contributed by atoms with Gasteiger partial charge in [0, 0.05) is 46.7 Å². The average Bonchev–Trinajstić information content (AvgIpc) is 3.59. The van der Waals surface area contributed by atoms with Gasteiger partial charge in [0.15, 0.2) is 0 Å². The number of nitriles is 1. The molecule has 0 bridgehead atoms. The van der Waals surface area contributed by atoms with Crippen molar-refractivity contribution in [2.24, 2.45) is 0 Å². The molecule has 1 N–H and O–H groups in total. The third kappa shape index (κ3) is 5.93. The number of thiophene rings is 1. The van der Waals surface area contributed by atoms with E-state index < -0.39 is 0 Å². The molecule has 0 radical (unpaired) electrons. The lowest BCUT2D eigenvalue weighted by atomic mass is 10.0. The first-order valence-electron chi connectivity index (χ1n) is 12.7. The largest absolute Gasteiger partial charge is 0.495 e. The van der Waals surface area contributed by atoms with Crippen LogP contribution in [0, 0.1) is 18.3 Å². The van der Waals surface area contributed by atoms with Crippen LogP contribution in [0.5, 0.6) is 11.5 Å². The van der Waals surface area contributed by atoms with Crippen molar-refractivity contribution >= 4 is 23.0 Å². The van der Waals surface area contributed by atoms with Crippen molar-refractivity contribution in [2.75, 3.05) is 38.7 Å². The number of likely N-dealkylation sites (tertiary alicyclic amines) is 1. The molecule has 9 heteroatoms. The molecule has 8 nitrogen and oxygen atoms in total. The fourth-order valence-electron chi connectivity index (χ4n) is 4.62. The first-order valence-corrected chi connectivity index (χ1v) is 13.5. The van der Waals surface area contributed by atoms with Crippen molar-refractivity contribution in [1.82, 2.24) is 19.9 Å². The standard InChI is InChI=1S/C29H30N6O2S/c1-20-25(17-30)27(21-15-24(36-2)19-31-18-21)28(38-20)26-9-10-32-29(34-26)33-22-7-5-8-23(16-22)37-14-6-13-35-11-3-4-12-35/h5,7-10,15-16,18-19H,3-4,6,11-14H2,1-2H3,(H,32,33,34). The Balaban J connectivity index is 1.34. The summed E-state index contributed by atoms with van der Waals surface area (Å²) in [4.78, 5) is 17.8. The highest BCUT2D eigenvalue weighted by atomic mass is 32.1. The predicted octanol–water partition coefficient (Wildman–Crippen LogP) is 6.06. The van der Waals surface area contributed by atoms with Gasteiger partial charge in [-0.3, -0.25) is 4.98 Å². The van der Waals surface area contributed by atoms with Gasteiger partial charge in [-0.25, -0.2) is 9.97 Å². The van der Waals surface area contributed by atoms with E-state index in [2.05, 4.69) is 26.3 Å². The zero-order chi connectivity index (χ0) is 26.3. The molecular formula is C29H30N6O2S. The third-order valence-electron chi connectivity index (χ3n) is 6.50. The van der Waals surface area contributed by atoms with E-state index in [1.807, 2.05) is 43.3 Å². The van der Waals surface area contributed by atoms with Crippen molar-refractivity contribution in [3.05, 3.63) is 65.4 Å². The maximum absolute atomic E-state index is 9.90. The van der Waals surface area contributed by atoms with Crippen molar-refractivity contribution in [3.63, 3.8) is 0 Å². The molecule has 38 heavy (non-hydrogen) atoms. The molecule has 1 saturated heterocycles. The van der Waals surface area contributed by atoms with E-state index in [0.717, 1.165) is 51.0 Å². The number of hydrogen-bond acceptors (Lipinski definition) is 9. The maximum atomic E-state index is 9.90. The number of rotatable bonds is 10. The van der Waals surface area contributed by atoms with Gasteiger partial charge in [-0.05, 0) is 63.5 Å². The fraction of sp³-hybridized carbons (Fsp3) is 0.310. The first-order chi connectivity index (χ1) is 18.6. The highest BCUT2D eigenvalue weighted by Crippen LogP contribution is 2.42. The Morgan fingerprint density at radius 1 is 1.13 bits per heavy atom. The van der Waals surface area contributed by atoms with E-state index in [0.29, 0.717) is 23.9 Å². The molecule has 194 valence electrons. The van der Waals surface area contributed by atoms with Gasteiger partial charge in [-0.1, -0.05) is 6.07 Å². The second kappa shape index (κ2) is 12.0. The summed E-state index contributed by atoms with van der Waals surface area (Å²) in [5, 5.41) is 13.2. The molecule has 0 spiro atoms. The lowest BCUT2D eigenvalue weighted by molar-refractivity contribution is 0.263. The summed E-state index contributed by atoms with van der Waals surface area (Å²) in [6, 6.07) is 13.9. The van der Waals surface area contributed by atoms with E-state index >= 15 is 0 Å². The quantitative estimate of drug-likeness (QED) is 0.249. The van der Waals surface area contributed by atoms with Crippen molar-refractivity contribution < 1.29 is 9.47 Å². The molecule has 0 amide bonds. The van der Waals surface area contributed by atoms with E-state index in [-0.39, 0.29) is 0 Å². The molecule has 1 fully saturated rings. The summed E-state index contributed by atoms with van der Waals surface area (Å²) in [6.07, 6.45) is 8.74. The molecule has 1 aromatic carbocycles. The first kappa shape index (κ1) is 25.6. The number of ether oxygens (including phenoxy) is 2. The monoisotopic (exact) mass is 526 g/mol. The average molecular weight is 527 g/mol.